The van der Waals surface area contributed by atoms with Gasteiger partial charge >= 0.3 is 6.09 Å². The van der Waals surface area contributed by atoms with Crippen LogP contribution in [0.4, 0.5) is 19.3 Å². The van der Waals surface area contributed by atoms with Crippen LogP contribution in [0, 0.1) is 0 Å². The van der Waals surface area contributed by atoms with Crippen molar-refractivity contribution in [3.63, 3.8) is 0 Å². The summed E-state index contributed by atoms with van der Waals surface area (Å²) in [6.07, 6.45) is -2.36. The first-order valence-corrected chi connectivity index (χ1v) is 6.19. The van der Waals surface area contributed by atoms with Gasteiger partial charge in [-0.25, -0.2) is 13.6 Å². The normalized spacial score (nSPS) is 14.7. The highest BCUT2D eigenvalue weighted by Crippen LogP contribution is 2.33. The number of fused-ring (bicyclic) bond motifs is 1. The van der Waals surface area contributed by atoms with Crippen LogP contribution in [-0.4, -0.2) is 18.2 Å². The molecule has 0 saturated carbocycles. The third kappa shape index (κ3) is 3.03. The maximum absolute atomic E-state index is 12.7. The molecule has 0 aromatic heterocycles. The molecule has 1 aromatic carbocycles. The van der Waals surface area contributed by atoms with Gasteiger partial charge < -0.3 is 4.74 Å². The molecule has 0 atom stereocenters. The fourth-order valence-corrected chi connectivity index (χ4v) is 2.04. The first-order chi connectivity index (χ1) is 8.78. The number of benzene rings is 1. The lowest BCUT2D eigenvalue weighted by atomic mass is 10.1. The summed E-state index contributed by atoms with van der Waals surface area (Å²) in [6.45, 7) is 5.79. The second kappa shape index (κ2) is 4.79. The summed E-state index contributed by atoms with van der Waals surface area (Å²) in [6, 6.07) is 4.43. The van der Waals surface area contributed by atoms with Crippen molar-refractivity contribution in [3.05, 3.63) is 29.3 Å². The Labute approximate surface area is 111 Å². The monoisotopic (exact) mass is 269 g/mol. The van der Waals surface area contributed by atoms with Gasteiger partial charge in [0.2, 0.25) is 0 Å². The van der Waals surface area contributed by atoms with Crippen LogP contribution in [0.2, 0.25) is 0 Å². The predicted octanol–water partition coefficient (Wildman–Crippen LogP) is 3.92. The maximum Gasteiger partial charge on any atom is 0.414 e. The van der Waals surface area contributed by atoms with E-state index in [-0.39, 0.29) is 5.56 Å². The summed E-state index contributed by atoms with van der Waals surface area (Å²) in [4.78, 5) is 13.4. The van der Waals surface area contributed by atoms with Gasteiger partial charge in [0.25, 0.3) is 6.43 Å². The second-order valence-electron chi connectivity index (χ2n) is 5.57. The largest absolute Gasteiger partial charge is 0.443 e. The van der Waals surface area contributed by atoms with E-state index in [0.29, 0.717) is 18.7 Å². The average Bonchev–Trinajstić information content (AvgIpc) is 2.68. The zero-order valence-corrected chi connectivity index (χ0v) is 11.2. The van der Waals surface area contributed by atoms with Crippen molar-refractivity contribution in [2.75, 3.05) is 11.4 Å². The van der Waals surface area contributed by atoms with Crippen molar-refractivity contribution < 1.29 is 18.3 Å². The van der Waals surface area contributed by atoms with Crippen LogP contribution < -0.4 is 4.90 Å². The maximum atomic E-state index is 12.7. The lowest BCUT2D eigenvalue weighted by Gasteiger charge is -2.25. The molecule has 1 aliphatic heterocycles. The van der Waals surface area contributed by atoms with Crippen LogP contribution in [0.5, 0.6) is 0 Å². The first kappa shape index (κ1) is 13.8. The summed E-state index contributed by atoms with van der Waals surface area (Å²) in [5.41, 5.74) is 0.761. The molecule has 5 heteroatoms. The molecule has 0 bridgehead atoms. The van der Waals surface area contributed by atoms with Crippen molar-refractivity contribution in [1.82, 2.24) is 0 Å². The molecule has 1 aromatic rings. The minimum absolute atomic E-state index is 0.0748. The number of carbonyl (C=O) groups excluding carboxylic acids is 1. The molecule has 3 nitrogen and oxygen atoms in total. The molecule has 1 aliphatic rings. The molecule has 0 fully saturated rings. The van der Waals surface area contributed by atoms with E-state index in [1.165, 1.54) is 17.0 Å². The number of amides is 1. The van der Waals surface area contributed by atoms with Gasteiger partial charge in [0, 0.05) is 12.1 Å². The van der Waals surface area contributed by atoms with Gasteiger partial charge in [-0.3, -0.25) is 4.90 Å². The number of rotatable bonds is 1. The quantitative estimate of drug-likeness (QED) is 0.773. The Kier molecular flexibility index (Phi) is 3.47. The number of nitrogens with zero attached hydrogens (tertiary/aromatic N) is 1. The van der Waals surface area contributed by atoms with E-state index in [9.17, 15) is 13.6 Å². The SMILES string of the molecule is CC(C)(C)OC(=O)N1CCc2ccc(C(F)F)cc21. The number of alkyl halides is 2. The molecule has 0 aliphatic carbocycles. The predicted molar refractivity (Wildman–Crippen MR) is 68.7 cm³/mol. The number of halogens is 2. The summed E-state index contributed by atoms with van der Waals surface area (Å²) in [5.74, 6) is 0. The molecule has 1 amide bonds. The second-order valence-corrected chi connectivity index (χ2v) is 5.57. The van der Waals surface area contributed by atoms with Crippen molar-refractivity contribution in [2.24, 2.45) is 0 Å². The highest BCUT2D eigenvalue weighted by Gasteiger charge is 2.29. The molecule has 2 rings (SSSR count). The van der Waals surface area contributed by atoms with E-state index >= 15 is 0 Å². The van der Waals surface area contributed by atoms with Crippen molar-refractivity contribution in [1.29, 1.82) is 0 Å². The van der Waals surface area contributed by atoms with Gasteiger partial charge in [0.1, 0.15) is 5.60 Å². The fraction of sp³-hybridized carbons (Fsp3) is 0.500. The molecule has 0 radical (unpaired) electrons. The van der Waals surface area contributed by atoms with Crippen LogP contribution in [0.1, 0.15) is 38.3 Å². The minimum Gasteiger partial charge on any atom is -0.443 e. The molecule has 19 heavy (non-hydrogen) atoms. The van der Waals surface area contributed by atoms with Crippen LogP contribution in [0.25, 0.3) is 0 Å². The highest BCUT2D eigenvalue weighted by molar-refractivity contribution is 5.90. The number of ether oxygens (including phenoxy) is 1. The van der Waals surface area contributed by atoms with Crippen LogP contribution >= 0.6 is 0 Å². The van der Waals surface area contributed by atoms with E-state index in [1.54, 1.807) is 26.8 Å². The topological polar surface area (TPSA) is 29.5 Å². The van der Waals surface area contributed by atoms with E-state index in [1.807, 2.05) is 0 Å². The zero-order valence-electron chi connectivity index (χ0n) is 11.2. The Hall–Kier alpha value is -1.65. The number of hydrogen-bond acceptors (Lipinski definition) is 2. The van der Waals surface area contributed by atoms with Gasteiger partial charge in [0.05, 0.1) is 5.69 Å². The van der Waals surface area contributed by atoms with Gasteiger partial charge in [-0.1, -0.05) is 12.1 Å². The molecule has 0 N–H and O–H groups in total. The Morgan fingerprint density at radius 3 is 2.63 bits per heavy atom. The highest BCUT2D eigenvalue weighted by atomic mass is 19.3. The third-order valence-corrected chi connectivity index (χ3v) is 2.87. The smallest absolute Gasteiger partial charge is 0.414 e. The van der Waals surface area contributed by atoms with Crippen molar-refractivity contribution in [3.8, 4) is 0 Å². The van der Waals surface area contributed by atoms with Crippen molar-refractivity contribution >= 4 is 11.8 Å². The summed E-state index contributed by atoms with van der Waals surface area (Å²) < 4.78 is 30.7. The van der Waals surface area contributed by atoms with Gasteiger partial charge in [-0.15, -0.1) is 0 Å². The Morgan fingerprint density at radius 1 is 1.37 bits per heavy atom. The standard InChI is InChI=1S/C14H17F2NO2/c1-14(2,3)19-13(18)17-7-6-9-4-5-10(12(15)16)8-11(9)17/h4-5,8,12H,6-7H2,1-3H3. The molecule has 0 unspecified atom stereocenters. The van der Waals surface area contributed by atoms with E-state index in [0.717, 1.165) is 5.56 Å². The zero-order chi connectivity index (χ0) is 14.2. The fourth-order valence-electron chi connectivity index (χ4n) is 2.04. The van der Waals surface area contributed by atoms with Gasteiger partial charge in [-0.2, -0.15) is 0 Å². The van der Waals surface area contributed by atoms with E-state index < -0.39 is 18.1 Å². The third-order valence-electron chi connectivity index (χ3n) is 2.87. The Morgan fingerprint density at radius 2 is 2.05 bits per heavy atom. The molecule has 0 spiro atoms. The summed E-state index contributed by atoms with van der Waals surface area (Å²) >= 11 is 0. The summed E-state index contributed by atoms with van der Waals surface area (Å²) in [5, 5.41) is 0. The molecule has 0 saturated heterocycles. The average molecular weight is 269 g/mol. The van der Waals surface area contributed by atoms with Crippen molar-refractivity contribution in [2.45, 2.75) is 39.2 Å². The molecule has 1 heterocycles. The number of carbonyl (C=O) groups is 1. The summed E-state index contributed by atoms with van der Waals surface area (Å²) in [7, 11) is 0. The van der Waals surface area contributed by atoms with E-state index in [4.69, 9.17) is 4.74 Å². The number of hydrogen-bond donors (Lipinski definition) is 0. The van der Waals surface area contributed by atoms with Crippen LogP contribution in [-0.2, 0) is 11.2 Å². The van der Waals surface area contributed by atoms with E-state index in [2.05, 4.69) is 0 Å². The van der Waals surface area contributed by atoms with Gasteiger partial charge in [0.15, 0.2) is 0 Å². The first-order valence-electron chi connectivity index (χ1n) is 6.19. The molecular formula is C14H17F2NO2. The Bertz CT molecular complexity index is 495. The minimum atomic E-state index is -2.54. The van der Waals surface area contributed by atoms with Gasteiger partial charge in [-0.05, 0) is 38.8 Å². The van der Waals surface area contributed by atoms with Crippen LogP contribution in [0.15, 0.2) is 18.2 Å². The lowest BCUT2D eigenvalue weighted by molar-refractivity contribution is 0.0583. The van der Waals surface area contributed by atoms with Crippen LogP contribution in [0.3, 0.4) is 0 Å². The lowest BCUT2D eigenvalue weighted by Crippen LogP contribution is -2.35. The molecular weight excluding hydrogens is 252 g/mol. The molecule has 104 valence electrons. The Balaban J connectivity index is 2.25. The number of anilines is 1.